The average Bonchev–Trinajstić information content (AvgIpc) is 3.09. The smallest absolute Gasteiger partial charge is 0.261 e. The van der Waals surface area contributed by atoms with Gasteiger partial charge in [-0.05, 0) is 24.0 Å². The third-order valence-electron chi connectivity index (χ3n) is 4.13. The van der Waals surface area contributed by atoms with Gasteiger partial charge in [-0.2, -0.15) is 5.10 Å². The number of carbonyl (C=O) groups is 2. The van der Waals surface area contributed by atoms with Crippen LogP contribution in [0, 0.1) is 5.41 Å². The summed E-state index contributed by atoms with van der Waals surface area (Å²) in [6.07, 6.45) is 4.59. The Balaban J connectivity index is 1.62. The van der Waals surface area contributed by atoms with Crippen LogP contribution in [0.4, 0.5) is 5.13 Å². The molecular formula is C17H16N4O2S. The highest BCUT2D eigenvalue weighted by Crippen LogP contribution is 2.38. The first-order valence-electron chi connectivity index (χ1n) is 7.70. The van der Waals surface area contributed by atoms with Crippen LogP contribution in [0.2, 0.25) is 0 Å². The van der Waals surface area contributed by atoms with Crippen LogP contribution in [0.25, 0.3) is 5.52 Å². The maximum absolute atomic E-state index is 12.5. The van der Waals surface area contributed by atoms with Crippen molar-refractivity contribution in [3.63, 3.8) is 0 Å². The molecule has 6 nitrogen and oxygen atoms in total. The van der Waals surface area contributed by atoms with E-state index in [0.717, 1.165) is 17.6 Å². The highest BCUT2D eigenvalue weighted by Gasteiger charge is 2.34. The Kier molecular flexibility index (Phi) is 3.28. The van der Waals surface area contributed by atoms with E-state index in [2.05, 4.69) is 29.2 Å². The lowest BCUT2D eigenvalue weighted by molar-refractivity contribution is 0.0915. The second-order valence-corrected chi connectivity index (χ2v) is 7.78. The Bertz CT molecular complexity index is 970. The molecule has 0 aliphatic heterocycles. The van der Waals surface area contributed by atoms with Gasteiger partial charge in [0, 0.05) is 12.6 Å². The van der Waals surface area contributed by atoms with Crippen molar-refractivity contribution in [2.75, 3.05) is 5.32 Å². The van der Waals surface area contributed by atoms with Crippen LogP contribution in [0.5, 0.6) is 0 Å². The summed E-state index contributed by atoms with van der Waals surface area (Å²) in [6, 6.07) is 5.54. The van der Waals surface area contributed by atoms with E-state index >= 15 is 0 Å². The molecule has 3 heterocycles. The van der Waals surface area contributed by atoms with E-state index in [1.165, 1.54) is 17.5 Å². The van der Waals surface area contributed by atoms with Gasteiger partial charge in [0.2, 0.25) is 0 Å². The minimum atomic E-state index is -0.269. The molecule has 24 heavy (non-hydrogen) atoms. The van der Waals surface area contributed by atoms with Crippen LogP contribution in [0.3, 0.4) is 0 Å². The van der Waals surface area contributed by atoms with Crippen LogP contribution in [0.1, 0.15) is 46.0 Å². The zero-order chi connectivity index (χ0) is 16.9. The van der Waals surface area contributed by atoms with Gasteiger partial charge < -0.3 is 0 Å². The second kappa shape index (κ2) is 5.24. The normalized spacial score (nSPS) is 16.2. The van der Waals surface area contributed by atoms with E-state index in [9.17, 15) is 9.59 Å². The van der Waals surface area contributed by atoms with Crippen molar-refractivity contribution in [1.82, 2.24) is 14.6 Å². The highest BCUT2D eigenvalue weighted by molar-refractivity contribution is 7.17. The number of rotatable bonds is 2. The van der Waals surface area contributed by atoms with E-state index in [1.54, 1.807) is 10.7 Å². The summed E-state index contributed by atoms with van der Waals surface area (Å²) in [4.78, 5) is 29.9. The van der Waals surface area contributed by atoms with Gasteiger partial charge in [-0.15, -0.1) is 0 Å². The monoisotopic (exact) mass is 340 g/mol. The minimum Gasteiger partial charge on any atom is -0.298 e. The summed E-state index contributed by atoms with van der Waals surface area (Å²) in [5, 5.41) is 7.43. The molecule has 0 saturated heterocycles. The first kappa shape index (κ1) is 15.0. The number of Topliss-reactive ketones (excluding diaryl/α,β-unsaturated/α-hetero) is 1. The molecule has 4 rings (SSSR count). The van der Waals surface area contributed by atoms with E-state index in [0.29, 0.717) is 22.0 Å². The van der Waals surface area contributed by atoms with Gasteiger partial charge in [0.15, 0.2) is 10.9 Å². The molecule has 0 saturated carbocycles. The van der Waals surface area contributed by atoms with E-state index in [-0.39, 0.29) is 17.1 Å². The Morgan fingerprint density at radius 2 is 2.17 bits per heavy atom. The molecule has 3 aromatic rings. The standard InChI is InChI=1S/C17H16N4O2S/c1-17(2)7-11-14(13(22)8-17)24-16(19-11)20-15(23)10-9-18-21-6-4-3-5-12(10)21/h3-6,9H,7-8H2,1-2H3,(H,19,20,23). The van der Waals surface area contributed by atoms with E-state index in [4.69, 9.17) is 0 Å². The topological polar surface area (TPSA) is 76.4 Å². The molecule has 0 unspecified atom stereocenters. The molecule has 1 aliphatic rings. The number of anilines is 1. The van der Waals surface area contributed by atoms with Gasteiger partial charge >= 0.3 is 0 Å². The van der Waals surface area contributed by atoms with Crippen LogP contribution >= 0.6 is 11.3 Å². The van der Waals surface area contributed by atoms with Gasteiger partial charge in [0.1, 0.15) is 0 Å². The SMILES string of the molecule is CC1(C)CC(=O)c2sc(NC(=O)c3cnn4ccccc34)nc2C1. The molecule has 122 valence electrons. The van der Waals surface area contributed by atoms with Gasteiger partial charge in [0.25, 0.3) is 5.91 Å². The summed E-state index contributed by atoms with van der Waals surface area (Å²) >= 11 is 1.26. The molecule has 0 spiro atoms. The summed E-state index contributed by atoms with van der Waals surface area (Å²) in [6.45, 7) is 4.12. The zero-order valence-electron chi connectivity index (χ0n) is 13.4. The molecule has 1 amide bonds. The quantitative estimate of drug-likeness (QED) is 0.777. The molecular weight excluding hydrogens is 324 g/mol. The molecule has 3 aromatic heterocycles. The zero-order valence-corrected chi connectivity index (χ0v) is 14.2. The fourth-order valence-electron chi connectivity index (χ4n) is 3.05. The molecule has 0 atom stereocenters. The molecule has 0 bridgehead atoms. The van der Waals surface area contributed by atoms with Crippen LogP contribution in [0.15, 0.2) is 30.6 Å². The lowest BCUT2D eigenvalue weighted by Gasteiger charge is -2.26. The van der Waals surface area contributed by atoms with Crippen molar-refractivity contribution in [2.45, 2.75) is 26.7 Å². The lowest BCUT2D eigenvalue weighted by Crippen LogP contribution is -2.26. The molecule has 0 aromatic carbocycles. The number of nitrogens with one attached hydrogen (secondary N) is 1. The van der Waals surface area contributed by atoms with Gasteiger partial charge in [0.05, 0.1) is 27.8 Å². The molecule has 7 heteroatoms. The van der Waals surface area contributed by atoms with Crippen molar-refractivity contribution in [3.05, 3.63) is 46.7 Å². The van der Waals surface area contributed by atoms with Crippen molar-refractivity contribution in [1.29, 1.82) is 0 Å². The summed E-state index contributed by atoms with van der Waals surface area (Å²) in [7, 11) is 0. The third kappa shape index (κ3) is 2.50. The number of pyridine rings is 1. The third-order valence-corrected chi connectivity index (χ3v) is 5.18. The largest absolute Gasteiger partial charge is 0.298 e. The predicted molar refractivity (Wildman–Crippen MR) is 91.7 cm³/mol. The fourth-order valence-corrected chi connectivity index (χ4v) is 3.96. The van der Waals surface area contributed by atoms with Gasteiger partial charge in [-0.25, -0.2) is 9.50 Å². The number of hydrogen-bond donors (Lipinski definition) is 1. The highest BCUT2D eigenvalue weighted by atomic mass is 32.1. The number of thiazole rings is 1. The van der Waals surface area contributed by atoms with Gasteiger partial charge in [-0.3, -0.25) is 14.9 Å². The number of aromatic nitrogens is 3. The number of nitrogens with zero attached hydrogens (tertiary/aromatic N) is 3. The Morgan fingerprint density at radius 3 is 3.00 bits per heavy atom. The average molecular weight is 340 g/mol. The number of ketones is 1. The van der Waals surface area contributed by atoms with E-state index in [1.807, 2.05) is 18.2 Å². The Labute approximate surface area is 142 Å². The van der Waals surface area contributed by atoms with Crippen LogP contribution < -0.4 is 5.32 Å². The molecule has 0 fully saturated rings. The van der Waals surface area contributed by atoms with Crippen molar-refractivity contribution in [2.24, 2.45) is 5.41 Å². The number of hydrogen-bond acceptors (Lipinski definition) is 5. The predicted octanol–water partition coefficient (Wildman–Crippen LogP) is 3.20. The Hall–Kier alpha value is -2.54. The number of fused-ring (bicyclic) bond motifs is 2. The van der Waals surface area contributed by atoms with Crippen molar-refractivity contribution in [3.8, 4) is 0 Å². The summed E-state index contributed by atoms with van der Waals surface area (Å²) in [5.41, 5.74) is 1.92. The maximum atomic E-state index is 12.5. The van der Waals surface area contributed by atoms with Crippen molar-refractivity contribution >= 4 is 33.7 Å². The maximum Gasteiger partial charge on any atom is 0.261 e. The molecule has 1 aliphatic carbocycles. The summed E-state index contributed by atoms with van der Waals surface area (Å²) in [5.74, 6) is -0.163. The number of carbonyl (C=O) groups excluding carboxylic acids is 2. The van der Waals surface area contributed by atoms with E-state index < -0.39 is 0 Å². The minimum absolute atomic E-state index is 0.0815. The molecule has 1 N–H and O–H groups in total. The second-order valence-electron chi connectivity index (χ2n) is 6.78. The first-order valence-corrected chi connectivity index (χ1v) is 8.51. The van der Waals surface area contributed by atoms with Crippen molar-refractivity contribution < 1.29 is 9.59 Å². The summed E-state index contributed by atoms with van der Waals surface area (Å²) < 4.78 is 1.65. The fraction of sp³-hybridized carbons (Fsp3) is 0.294. The first-order chi connectivity index (χ1) is 11.4. The number of amides is 1. The lowest BCUT2D eigenvalue weighted by atomic mass is 9.78. The molecule has 0 radical (unpaired) electrons. The van der Waals surface area contributed by atoms with Gasteiger partial charge in [-0.1, -0.05) is 31.3 Å². The Morgan fingerprint density at radius 1 is 1.33 bits per heavy atom. The van der Waals surface area contributed by atoms with Crippen LogP contribution in [-0.4, -0.2) is 26.3 Å². The van der Waals surface area contributed by atoms with Crippen LogP contribution in [-0.2, 0) is 6.42 Å².